The van der Waals surface area contributed by atoms with Crippen molar-refractivity contribution < 1.29 is 4.39 Å². The average molecular weight is 296 g/mol. The minimum absolute atomic E-state index is 0.248. The van der Waals surface area contributed by atoms with Crippen molar-refractivity contribution in [2.24, 2.45) is 5.92 Å². The third-order valence-corrected chi connectivity index (χ3v) is 4.37. The van der Waals surface area contributed by atoms with E-state index in [1.54, 1.807) is 0 Å². The number of likely N-dealkylation sites (tertiary alicyclic amines) is 1. The molecule has 0 bridgehead atoms. The van der Waals surface area contributed by atoms with E-state index in [0.29, 0.717) is 18.9 Å². The Balaban J connectivity index is 2.16. The third kappa shape index (κ3) is 3.83. The molecule has 3 heteroatoms. The Morgan fingerprint density at radius 2 is 2.05 bits per heavy atom. The summed E-state index contributed by atoms with van der Waals surface area (Å²) in [5, 5.41) is 0.743. The minimum Gasteiger partial charge on any atom is -0.299 e. The van der Waals surface area contributed by atoms with Crippen molar-refractivity contribution in [3.8, 4) is 0 Å². The Hall–Kier alpha value is -0.860. The first-order valence-electron chi connectivity index (χ1n) is 7.28. The molecule has 20 heavy (non-hydrogen) atoms. The summed E-state index contributed by atoms with van der Waals surface area (Å²) in [4.78, 5) is 2.21. The van der Waals surface area contributed by atoms with Gasteiger partial charge in [0.25, 0.3) is 0 Å². The molecule has 1 nitrogen and oxygen atoms in total. The van der Waals surface area contributed by atoms with Crippen LogP contribution in [0.3, 0.4) is 0 Å². The Kier molecular flexibility index (Phi) is 5.22. The van der Waals surface area contributed by atoms with Crippen molar-refractivity contribution in [3.63, 3.8) is 0 Å². The van der Waals surface area contributed by atoms with E-state index in [0.717, 1.165) is 18.1 Å². The maximum atomic E-state index is 13.4. The number of hydrogen-bond acceptors (Lipinski definition) is 1. The van der Waals surface area contributed by atoms with Crippen LogP contribution in [0.5, 0.6) is 0 Å². The van der Waals surface area contributed by atoms with E-state index in [1.165, 1.54) is 11.1 Å². The zero-order valence-corrected chi connectivity index (χ0v) is 13.0. The lowest BCUT2D eigenvalue weighted by Gasteiger charge is -2.27. The third-order valence-electron chi connectivity index (χ3n) is 4.12. The van der Waals surface area contributed by atoms with Gasteiger partial charge in [-0.3, -0.25) is 4.90 Å². The summed E-state index contributed by atoms with van der Waals surface area (Å²) in [5.74, 6) is 0.664. The standard InChI is InChI=1S/C17H23ClFN/c1-12(2)13(3)17(11-20-9-8-16(19)10-20)14-4-6-15(18)7-5-14/h4-7,12,16-17H,3,8-11H2,1-2H3/t16-,17?/m0/s1. The van der Waals surface area contributed by atoms with Gasteiger partial charge in [-0.1, -0.05) is 49.7 Å². The summed E-state index contributed by atoms with van der Waals surface area (Å²) >= 11 is 5.97. The van der Waals surface area contributed by atoms with Crippen molar-refractivity contribution in [1.82, 2.24) is 4.90 Å². The predicted molar refractivity (Wildman–Crippen MR) is 84.1 cm³/mol. The number of benzene rings is 1. The first-order valence-corrected chi connectivity index (χ1v) is 7.65. The van der Waals surface area contributed by atoms with E-state index in [4.69, 9.17) is 11.6 Å². The zero-order chi connectivity index (χ0) is 14.7. The van der Waals surface area contributed by atoms with Crippen molar-refractivity contribution in [1.29, 1.82) is 0 Å². The predicted octanol–water partition coefficient (Wildman–Crippen LogP) is 4.68. The molecule has 1 unspecified atom stereocenters. The molecule has 0 amide bonds. The molecule has 2 atom stereocenters. The summed E-state index contributed by atoms with van der Waals surface area (Å²) in [6, 6.07) is 7.95. The molecular weight excluding hydrogens is 273 g/mol. The van der Waals surface area contributed by atoms with Gasteiger partial charge in [0.1, 0.15) is 6.17 Å². The first kappa shape index (κ1) is 15.5. The van der Waals surface area contributed by atoms with Gasteiger partial charge in [-0.25, -0.2) is 4.39 Å². The molecule has 0 saturated carbocycles. The van der Waals surface area contributed by atoms with Crippen LogP contribution in [0.25, 0.3) is 0 Å². The molecule has 110 valence electrons. The van der Waals surface area contributed by atoms with Gasteiger partial charge in [0, 0.05) is 30.6 Å². The molecule has 1 aromatic rings. The number of nitrogens with zero attached hydrogens (tertiary/aromatic N) is 1. The van der Waals surface area contributed by atoms with Crippen molar-refractivity contribution in [2.75, 3.05) is 19.6 Å². The van der Waals surface area contributed by atoms with Gasteiger partial charge in [0.2, 0.25) is 0 Å². The molecule has 1 fully saturated rings. The molecule has 2 rings (SSSR count). The monoisotopic (exact) mass is 295 g/mol. The molecule has 0 radical (unpaired) electrons. The van der Waals surface area contributed by atoms with Crippen LogP contribution in [0.4, 0.5) is 4.39 Å². The molecule has 0 spiro atoms. The Morgan fingerprint density at radius 3 is 2.55 bits per heavy atom. The van der Waals surface area contributed by atoms with E-state index in [2.05, 4.69) is 37.5 Å². The molecule has 0 N–H and O–H groups in total. The maximum Gasteiger partial charge on any atom is 0.114 e. The van der Waals surface area contributed by atoms with Crippen LogP contribution in [0.15, 0.2) is 36.4 Å². The number of rotatable bonds is 5. The highest BCUT2D eigenvalue weighted by molar-refractivity contribution is 6.30. The summed E-state index contributed by atoms with van der Waals surface area (Å²) in [5.41, 5.74) is 2.42. The van der Waals surface area contributed by atoms with E-state index in [-0.39, 0.29) is 5.92 Å². The highest BCUT2D eigenvalue weighted by atomic mass is 35.5. The fourth-order valence-electron chi connectivity index (χ4n) is 2.74. The Bertz CT molecular complexity index is 455. The van der Waals surface area contributed by atoms with Gasteiger partial charge in [-0.05, 0) is 30.0 Å². The first-order chi connectivity index (χ1) is 9.47. The Labute approximate surface area is 126 Å². The van der Waals surface area contributed by atoms with E-state index < -0.39 is 6.17 Å². The van der Waals surface area contributed by atoms with Gasteiger partial charge in [0.15, 0.2) is 0 Å². The zero-order valence-electron chi connectivity index (χ0n) is 12.3. The maximum absolute atomic E-state index is 13.4. The molecule has 1 aliphatic rings. The SMILES string of the molecule is C=C(C(C)C)C(CN1CC[C@H](F)C1)c1ccc(Cl)cc1. The fraction of sp³-hybridized carbons (Fsp3) is 0.529. The van der Waals surface area contributed by atoms with Gasteiger partial charge >= 0.3 is 0 Å². The van der Waals surface area contributed by atoms with Crippen LogP contribution < -0.4 is 0 Å². The van der Waals surface area contributed by atoms with Crippen molar-refractivity contribution in [3.05, 3.63) is 47.0 Å². The second-order valence-electron chi connectivity index (χ2n) is 5.98. The lowest BCUT2D eigenvalue weighted by Crippen LogP contribution is -2.28. The van der Waals surface area contributed by atoms with Crippen LogP contribution in [0, 0.1) is 5.92 Å². The molecule has 0 aliphatic carbocycles. The number of alkyl halides is 1. The number of hydrogen-bond donors (Lipinski definition) is 0. The van der Waals surface area contributed by atoms with Gasteiger partial charge in [-0.15, -0.1) is 0 Å². The molecule has 1 heterocycles. The Morgan fingerprint density at radius 1 is 1.40 bits per heavy atom. The molecule has 1 saturated heterocycles. The lowest BCUT2D eigenvalue weighted by atomic mass is 9.85. The van der Waals surface area contributed by atoms with Crippen LogP contribution in [-0.4, -0.2) is 30.7 Å². The van der Waals surface area contributed by atoms with E-state index in [9.17, 15) is 4.39 Å². The topological polar surface area (TPSA) is 3.24 Å². The smallest absolute Gasteiger partial charge is 0.114 e. The summed E-state index contributed by atoms with van der Waals surface area (Å²) in [6.07, 6.45) is -0.0187. The van der Waals surface area contributed by atoms with Gasteiger partial charge in [0.05, 0.1) is 0 Å². The second-order valence-corrected chi connectivity index (χ2v) is 6.42. The van der Waals surface area contributed by atoms with Gasteiger partial charge < -0.3 is 0 Å². The summed E-state index contributed by atoms with van der Waals surface area (Å²) in [6.45, 7) is 10.8. The normalized spacial score (nSPS) is 21.4. The highest BCUT2D eigenvalue weighted by Crippen LogP contribution is 2.31. The molecular formula is C17H23ClFN. The summed E-state index contributed by atoms with van der Waals surface area (Å²) in [7, 11) is 0. The second kappa shape index (κ2) is 6.73. The van der Waals surface area contributed by atoms with Crippen LogP contribution in [0.1, 0.15) is 31.7 Å². The summed E-state index contributed by atoms with van der Waals surface area (Å²) < 4.78 is 13.4. The van der Waals surface area contributed by atoms with Crippen LogP contribution in [-0.2, 0) is 0 Å². The largest absolute Gasteiger partial charge is 0.299 e. The molecule has 1 aliphatic heterocycles. The number of halogens is 2. The van der Waals surface area contributed by atoms with E-state index >= 15 is 0 Å². The lowest BCUT2D eigenvalue weighted by molar-refractivity contribution is 0.278. The fourth-order valence-corrected chi connectivity index (χ4v) is 2.87. The van der Waals surface area contributed by atoms with Gasteiger partial charge in [-0.2, -0.15) is 0 Å². The van der Waals surface area contributed by atoms with E-state index in [1.807, 2.05) is 12.1 Å². The quantitative estimate of drug-likeness (QED) is 0.713. The van der Waals surface area contributed by atoms with Crippen LogP contribution >= 0.6 is 11.6 Å². The average Bonchev–Trinajstić information content (AvgIpc) is 2.82. The molecule has 1 aromatic carbocycles. The minimum atomic E-state index is -0.673. The highest BCUT2D eigenvalue weighted by Gasteiger charge is 2.26. The van der Waals surface area contributed by atoms with Crippen molar-refractivity contribution in [2.45, 2.75) is 32.4 Å². The molecule has 0 aromatic heterocycles. The van der Waals surface area contributed by atoms with Crippen molar-refractivity contribution >= 4 is 11.6 Å². The van der Waals surface area contributed by atoms with Crippen LogP contribution in [0.2, 0.25) is 5.02 Å².